The maximum atomic E-state index is 12.3. The molecule has 1 aliphatic rings. The van der Waals surface area contributed by atoms with E-state index >= 15 is 0 Å². The van der Waals surface area contributed by atoms with Crippen LogP contribution in [0, 0.1) is 23.2 Å². The Kier molecular flexibility index (Phi) is 8.77. The Morgan fingerprint density at radius 1 is 1.21 bits per heavy atom. The van der Waals surface area contributed by atoms with Gasteiger partial charge < -0.3 is 15.7 Å². The number of rotatable bonds is 6. The van der Waals surface area contributed by atoms with Crippen molar-refractivity contribution in [2.24, 2.45) is 11.8 Å². The third-order valence-electron chi connectivity index (χ3n) is 4.66. The molecule has 1 saturated carbocycles. The summed E-state index contributed by atoms with van der Waals surface area (Å²) >= 11 is 1.13. The number of anilines is 1. The lowest BCUT2D eigenvalue weighted by molar-refractivity contribution is -0.141. The highest BCUT2D eigenvalue weighted by Gasteiger charge is 2.34. The van der Waals surface area contributed by atoms with Crippen molar-refractivity contribution >= 4 is 28.3 Å². The smallest absolute Gasteiger partial charge is 0.306 e. The predicted octanol–water partition coefficient (Wildman–Crippen LogP) is 3.74. The van der Waals surface area contributed by atoms with E-state index in [2.05, 4.69) is 35.5 Å². The van der Waals surface area contributed by atoms with Gasteiger partial charge in [0, 0.05) is 11.5 Å². The first-order valence-electron chi connectivity index (χ1n) is 9.70. The molecule has 7 nitrogen and oxygen atoms in total. The van der Waals surface area contributed by atoms with E-state index in [0.29, 0.717) is 35.0 Å². The second-order valence-electron chi connectivity index (χ2n) is 6.67. The molecule has 1 heterocycles. The van der Waals surface area contributed by atoms with E-state index in [0.717, 1.165) is 30.0 Å². The molecule has 1 aromatic heterocycles. The summed E-state index contributed by atoms with van der Waals surface area (Å²) in [5.41, 5.74) is 1.37. The second kappa shape index (κ2) is 11.3. The Balaban J connectivity index is 0.000000537. The molecule has 1 aromatic carbocycles. The number of nitriles is 1. The number of hydrogen-bond donors (Lipinski definition) is 3. The lowest BCUT2D eigenvalue weighted by Gasteiger charge is -2.08. The molecule has 3 N–H and O–H groups in total. The standard InChI is InChI=1S/C17H15N3O3S.C4H11N/c18-9-13-14(10-4-2-1-3-5-10)19-17(24-13)20-15(21)11-6-7-12(8-11)16(22)23;1-3-5-4-2/h1-5,11-12H,6-8H2,(H,22,23)(H,19,20,21);5H,3-4H2,1-2H3/t11-,12+;/m0./s1. The number of carbonyl (C=O) groups excluding carboxylic acids is 1. The van der Waals surface area contributed by atoms with Gasteiger partial charge in [-0.05, 0) is 32.4 Å². The average Bonchev–Trinajstić information content (AvgIpc) is 3.37. The van der Waals surface area contributed by atoms with E-state index in [9.17, 15) is 14.9 Å². The van der Waals surface area contributed by atoms with E-state index in [1.54, 1.807) is 0 Å². The number of hydrogen-bond acceptors (Lipinski definition) is 6. The Labute approximate surface area is 174 Å². The molecule has 2 aromatic rings. The maximum absolute atomic E-state index is 12.3. The van der Waals surface area contributed by atoms with E-state index in [-0.39, 0.29) is 11.8 Å². The average molecular weight is 415 g/mol. The van der Waals surface area contributed by atoms with Gasteiger partial charge in [0.1, 0.15) is 16.6 Å². The van der Waals surface area contributed by atoms with Gasteiger partial charge in [0.15, 0.2) is 5.13 Å². The topological polar surface area (TPSA) is 115 Å². The normalized spacial score (nSPS) is 17.7. The summed E-state index contributed by atoms with van der Waals surface area (Å²) in [6.45, 7) is 6.39. The van der Waals surface area contributed by atoms with Gasteiger partial charge in [-0.1, -0.05) is 55.5 Å². The van der Waals surface area contributed by atoms with Gasteiger partial charge in [-0.15, -0.1) is 0 Å². The molecule has 0 saturated heterocycles. The third-order valence-corrected chi connectivity index (χ3v) is 5.53. The highest BCUT2D eigenvalue weighted by atomic mass is 32.1. The van der Waals surface area contributed by atoms with Crippen molar-refractivity contribution in [2.75, 3.05) is 18.4 Å². The van der Waals surface area contributed by atoms with Crippen LogP contribution in [0.15, 0.2) is 30.3 Å². The molecule has 29 heavy (non-hydrogen) atoms. The molecule has 0 spiro atoms. The van der Waals surface area contributed by atoms with Gasteiger partial charge in [0.2, 0.25) is 5.91 Å². The first-order valence-corrected chi connectivity index (χ1v) is 10.5. The molecule has 1 aliphatic carbocycles. The molecular formula is C21H26N4O3S. The van der Waals surface area contributed by atoms with E-state index in [4.69, 9.17) is 5.11 Å². The number of amides is 1. The van der Waals surface area contributed by atoms with Crippen LogP contribution < -0.4 is 10.6 Å². The molecule has 1 amide bonds. The Hall–Kier alpha value is -2.76. The summed E-state index contributed by atoms with van der Waals surface area (Å²) < 4.78 is 0. The van der Waals surface area contributed by atoms with E-state index in [1.807, 2.05) is 30.3 Å². The number of carboxylic acids is 1. The number of thiazole rings is 1. The van der Waals surface area contributed by atoms with Crippen molar-refractivity contribution in [3.8, 4) is 17.3 Å². The zero-order valence-electron chi connectivity index (χ0n) is 16.6. The number of carboxylic acid groups (broad SMARTS) is 1. The van der Waals surface area contributed by atoms with Crippen LogP contribution in [-0.4, -0.2) is 35.1 Å². The summed E-state index contributed by atoms with van der Waals surface area (Å²) in [6, 6.07) is 11.4. The fraction of sp³-hybridized carbons (Fsp3) is 0.429. The number of aliphatic carboxylic acids is 1. The third kappa shape index (κ3) is 6.38. The minimum absolute atomic E-state index is 0.225. The molecule has 8 heteroatoms. The van der Waals surface area contributed by atoms with Crippen LogP contribution in [0.2, 0.25) is 0 Å². The highest BCUT2D eigenvalue weighted by Crippen LogP contribution is 2.34. The Morgan fingerprint density at radius 2 is 1.86 bits per heavy atom. The van der Waals surface area contributed by atoms with E-state index in [1.165, 1.54) is 0 Å². The molecule has 3 rings (SSSR count). The van der Waals surface area contributed by atoms with Crippen molar-refractivity contribution in [1.29, 1.82) is 5.26 Å². The van der Waals surface area contributed by atoms with Crippen molar-refractivity contribution in [3.05, 3.63) is 35.2 Å². The van der Waals surface area contributed by atoms with Crippen LogP contribution in [0.3, 0.4) is 0 Å². The highest BCUT2D eigenvalue weighted by molar-refractivity contribution is 7.16. The minimum Gasteiger partial charge on any atom is -0.481 e. The van der Waals surface area contributed by atoms with Gasteiger partial charge in [0.05, 0.1) is 5.92 Å². The molecule has 0 aliphatic heterocycles. The zero-order chi connectivity index (χ0) is 21.2. The summed E-state index contributed by atoms with van der Waals surface area (Å²) in [5, 5.41) is 24.5. The van der Waals surface area contributed by atoms with Gasteiger partial charge in [-0.2, -0.15) is 5.26 Å². The molecular weight excluding hydrogens is 388 g/mol. The number of aromatic nitrogens is 1. The molecule has 154 valence electrons. The van der Waals surface area contributed by atoms with Gasteiger partial charge >= 0.3 is 5.97 Å². The molecule has 1 fully saturated rings. The fourth-order valence-corrected chi connectivity index (χ4v) is 3.93. The lowest BCUT2D eigenvalue weighted by atomic mass is 10.0. The van der Waals surface area contributed by atoms with E-state index < -0.39 is 11.9 Å². The van der Waals surface area contributed by atoms with Crippen LogP contribution in [0.1, 0.15) is 38.0 Å². The number of nitrogens with zero attached hydrogens (tertiary/aromatic N) is 2. The summed E-state index contributed by atoms with van der Waals surface area (Å²) in [5.74, 6) is -1.85. The van der Waals surface area contributed by atoms with Gasteiger partial charge in [-0.25, -0.2) is 4.98 Å². The predicted molar refractivity (Wildman–Crippen MR) is 114 cm³/mol. The SMILES string of the molecule is CCNCC.N#Cc1sc(NC(=O)[C@H]2CC[C@@H](C(=O)O)C2)nc1-c1ccccc1. The van der Waals surface area contributed by atoms with Crippen LogP contribution >= 0.6 is 11.3 Å². The van der Waals surface area contributed by atoms with Gasteiger partial charge in [-0.3, -0.25) is 9.59 Å². The summed E-state index contributed by atoms with van der Waals surface area (Å²) in [6.07, 6.45) is 1.43. The largest absolute Gasteiger partial charge is 0.481 e. The molecule has 0 radical (unpaired) electrons. The second-order valence-corrected chi connectivity index (χ2v) is 7.67. The van der Waals surface area contributed by atoms with Crippen molar-refractivity contribution in [3.63, 3.8) is 0 Å². The van der Waals surface area contributed by atoms with Crippen LogP contribution in [-0.2, 0) is 9.59 Å². The minimum atomic E-state index is -0.849. The molecule has 2 atom stereocenters. The molecule has 0 unspecified atom stereocenters. The van der Waals surface area contributed by atoms with Crippen LogP contribution in [0.25, 0.3) is 11.3 Å². The van der Waals surface area contributed by atoms with Crippen molar-refractivity contribution in [2.45, 2.75) is 33.1 Å². The first kappa shape index (κ1) is 22.5. The van der Waals surface area contributed by atoms with Crippen LogP contribution in [0.5, 0.6) is 0 Å². The monoisotopic (exact) mass is 414 g/mol. The maximum Gasteiger partial charge on any atom is 0.306 e. The lowest BCUT2D eigenvalue weighted by Crippen LogP contribution is -2.21. The fourth-order valence-electron chi connectivity index (χ4n) is 3.14. The number of carbonyl (C=O) groups is 2. The summed E-state index contributed by atoms with van der Waals surface area (Å²) in [4.78, 5) is 28.1. The zero-order valence-corrected chi connectivity index (χ0v) is 17.5. The number of nitrogens with one attached hydrogen (secondary N) is 2. The Morgan fingerprint density at radius 3 is 2.38 bits per heavy atom. The van der Waals surface area contributed by atoms with Crippen molar-refractivity contribution in [1.82, 2.24) is 10.3 Å². The van der Waals surface area contributed by atoms with Crippen LogP contribution in [0.4, 0.5) is 5.13 Å². The number of benzene rings is 1. The van der Waals surface area contributed by atoms with Crippen molar-refractivity contribution < 1.29 is 14.7 Å². The van der Waals surface area contributed by atoms with Gasteiger partial charge in [0.25, 0.3) is 0 Å². The quantitative estimate of drug-likeness (QED) is 0.663. The summed E-state index contributed by atoms with van der Waals surface area (Å²) in [7, 11) is 0. The molecule has 0 bridgehead atoms. The Bertz CT molecular complexity index is 859. The first-order chi connectivity index (χ1) is 14.0.